The molecule has 1 N–H and O–H groups in total. The molecule has 0 bridgehead atoms. The highest BCUT2D eigenvalue weighted by molar-refractivity contribution is 6.02. The minimum atomic E-state index is -0.366. The molecule has 8 heteroatoms. The molecule has 0 saturated carbocycles. The number of piperazine rings is 1. The third-order valence-corrected chi connectivity index (χ3v) is 3.93. The van der Waals surface area contributed by atoms with Gasteiger partial charge in [0, 0.05) is 31.9 Å². The molecule has 0 atom stereocenters. The Labute approximate surface area is 144 Å². The summed E-state index contributed by atoms with van der Waals surface area (Å²) in [7, 11) is 0. The van der Waals surface area contributed by atoms with Crippen molar-refractivity contribution in [2.45, 2.75) is 0 Å². The maximum atomic E-state index is 12.2. The third-order valence-electron chi connectivity index (χ3n) is 3.93. The van der Waals surface area contributed by atoms with Crippen LogP contribution in [0.3, 0.4) is 0 Å². The van der Waals surface area contributed by atoms with Crippen LogP contribution in [0.2, 0.25) is 0 Å². The fourth-order valence-electron chi connectivity index (χ4n) is 2.48. The molecule has 2 aromatic rings. The lowest BCUT2D eigenvalue weighted by molar-refractivity contribution is -0.118. The van der Waals surface area contributed by atoms with Crippen LogP contribution in [-0.2, 0) is 4.79 Å². The van der Waals surface area contributed by atoms with E-state index in [9.17, 15) is 9.59 Å². The number of amides is 2. The number of rotatable bonds is 4. The standard InChI is InChI=1S/C17H16N6O2/c18-9-13-1-3-14(4-2-13)21-17(25)15-10-20-16(11-19-15)23-7-5-22(12-24)6-8-23/h1-4,10-12H,5-8H2,(H,21,25). The van der Waals surface area contributed by atoms with Gasteiger partial charge in [0.1, 0.15) is 11.5 Å². The van der Waals surface area contributed by atoms with Gasteiger partial charge in [0.2, 0.25) is 6.41 Å². The van der Waals surface area contributed by atoms with Gasteiger partial charge in [-0.15, -0.1) is 0 Å². The van der Waals surface area contributed by atoms with Crippen LogP contribution < -0.4 is 10.2 Å². The molecule has 1 aromatic carbocycles. The lowest BCUT2D eigenvalue weighted by Gasteiger charge is -2.33. The number of carbonyl (C=O) groups is 2. The van der Waals surface area contributed by atoms with Crippen LogP contribution in [0, 0.1) is 11.3 Å². The zero-order valence-corrected chi connectivity index (χ0v) is 13.4. The first-order valence-electron chi connectivity index (χ1n) is 7.77. The highest BCUT2D eigenvalue weighted by Gasteiger charge is 2.17. The zero-order valence-electron chi connectivity index (χ0n) is 13.4. The van der Waals surface area contributed by atoms with E-state index in [1.807, 2.05) is 11.0 Å². The molecule has 2 heterocycles. The van der Waals surface area contributed by atoms with Crippen LogP contribution in [0.15, 0.2) is 36.7 Å². The Bertz CT molecular complexity index is 789. The van der Waals surface area contributed by atoms with Gasteiger partial charge in [-0.1, -0.05) is 0 Å². The molecule has 0 unspecified atom stereocenters. The number of anilines is 2. The summed E-state index contributed by atoms with van der Waals surface area (Å²) in [6.07, 6.45) is 3.84. The van der Waals surface area contributed by atoms with Crippen molar-refractivity contribution in [1.29, 1.82) is 5.26 Å². The molecule has 1 aliphatic heterocycles. The maximum absolute atomic E-state index is 12.2. The normalized spacial score (nSPS) is 13.9. The Balaban J connectivity index is 1.62. The van der Waals surface area contributed by atoms with Crippen molar-refractivity contribution in [2.24, 2.45) is 0 Å². The van der Waals surface area contributed by atoms with Crippen molar-refractivity contribution in [1.82, 2.24) is 14.9 Å². The summed E-state index contributed by atoms with van der Waals surface area (Å²) >= 11 is 0. The molecule has 8 nitrogen and oxygen atoms in total. The highest BCUT2D eigenvalue weighted by atomic mass is 16.2. The predicted molar refractivity (Wildman–Crippen MR) is 91.0 cm³/mol. The number of benzene rings is 1. The van der Waals surface area contributed by atoms with Gasteiger partial charge in [0.25, 0.3) is 5.91 Å². The molecular weight excluding hydrogens is 320 g/mol. The van der Waals surface area contributed by atoms with Crippen molar-refractivity contribution < 1.29 is 9.59 Å². The van der Waals surface area contributed by atoms with E-state index < -0.39 is 0 Å². The smallest absolute Gasteiger partial charge is 0.275 e. The van der Waals surface area contributed by atoms with E-state index in [2.05, 4.69) is 15.3 Å². The number of hydrogen-bond acceptors (Lipinski definition) is 6. The topological polar surface area (TPSA) is 102 Å². The molecule has 3 rings (SSSR count). The van der Waals surface area contributed by atoms with Gasteiger partial charge in [-0.05, 0) is 24.3 Å². The number of nitrogens with zero attached hydrogens (tertiary/aromatic N) is 5. The van der Waals surface area contributed by atoms with E-state index in [4.69, 9.17) is 5.26 Å². The monoisotopic (exact) mass is 336 g/mol. The Morgan fingerprint density at radius 2 is 1.84 bits per heavy atom. The number of nitriles is 1. The van der Waals surface area contributed by atoms with E-state index in [0.717, 1.165) is 6.41 Å². The van der Waals surface area contributed by atoms with E-state index in [0.29, 0.717) is 43.2 Å². The van der Waals surface area contributed by atoms with Gasteiger partial charge in [-0.2, -0.15) is 5.26 Å². The molecule has 0 spiro atoms. The number of carbonyl (C=O) groups excluding carboxylic acids is 2. The molecule has 1 aromatic heterocycles. The van der Waals surface area contributed by atoms with Gasteiger partial charge in [0.05, 0.1) is 24.0 Å². The molecule has 1 saturated heterocycles. The number of aromatic nitrogens is 2. The summed E-state index contributed by atoms with van der Waals surface area (Å²) in [6.45, 7) is 2.66. The molecule has 1 fully saturated rings. The van der Waals surface area contributed by atoms with Gasteiger partial charge < -0.3 is 15.1 Å². The average Bonchev–Trinajstić information content (AvgIpc) is 2.69. The highest BCUT2D eigenvalue weighted by Crippen LogP contribution is 2.13. The number of hydrogen-bond donors (Lipinski definition) is 1. The van der Waals surface area contributed by atoms with Crippen LogP contribution >= 0.6 is 0 Å². The Hall–Kier alpha value is -3.47. The van der Waals surface area contributed by atoms with E-state index >= 15 is 0 Å². The van der Waals surface area contributed by atoms with Crippen LogP contribution in [0.1, 0.15) is 16.1 Å². The van der Waals surface area contributed by atoms with Gasteiger partial charge in [-0.3, -0.25) is 9.59 Å². The Kier molecular flexibility index (Phi) is 4.85. The summed E-state index contributed by atoms with van der Waals surface area (Å²) in [5.41, 5.74) is 1.32. The predicted octanol–water partition coefficient (Wildman–Crippen LogP) is 0.879. The first-order valence-corrected chi connectivity index (χ1v) is 7.77. The second-order valence-electron chi connectivity index (χ2n) is 5.53. The minimum Gasteiger partial charge on any atom is -0.352 e. The summed E-state index contributed by atoms with van der Waals surface area (Å²) in [6, 6.07) is 8.59. The summed E-state index contributed by atoms with van der Waals surface area (Å²) in [4.78, 5) is 35.1. The molecule has 0 aliphatic carbocycles. The molecular formula is C17H16N6O2. The van der Waals surface area contributed by atoms with Crippen molar-refractivity contribution in [3.05, 3.63) is 47.9 Å². The lowest BCUT2D eigenvalue weighted by Crippen LogP contribution is -2.46. The fourth-order valence-corrected chi connectivity index (χ4v) is 2.48. The molecule has 25 heavy (non-hydrogen) atoms. The molecule has 0 radical (unpaired) electrons. The SMILES string of the molecule is N#Cc1ccc(NC(=O)c2cnc(N3CCN(C=O)CC3)cn2)cc1. The van der Waals surface area contributed by atoms with E-state index in [1.165, 1.54) is 6.20 Å². The minimum absolute atomic E-state index is 0.208. The van der Waals surface area contributed by atoms with Crippen LogP contribution in [-0.4, -0.2) is 53.4 Å². The van der Waals surface area contributed by atoms with Gasteiger partial charge in [-0.25, -0.2) is 9.97 Å². The van der Waals surface area contributed by atoms with E-state index in [-0.39, 0.29) is 11.6 Å². The third kappa shape index (κ3) is 3.90. The molecule has 2 amide bonds. The fraction of sp³-hybridized carbons (Fsp3) is 0.235. The second kappa shape index (κ2) is 7.40. The molecule has 1 aliphatic rings. The summed E-state index contributed by atoms with van der Waals surface area (Å²) < 4.78 is 0. The zero-order chi connectivity index (χ0) is 17.6. The first-order chi connectivity index (χ1) is 12.2. The van der Waals surface area contributed by atoms with Gasteiger partial charge >= 0.3 is 0 Å². The van der Waals surface area contributed by atoms with Crippen LogP contribution in [0.5, 0.6) is 0 Å². The Morgan fingerprint density at radius 3 is 2.40 bits per heavy atom. The average molecular weight is 336 g/mol. The van der Waals surface area contributed by atoms with E-state index in [1.54, 1.807) is 35.4 Å². The van der Waals surface area contributed by atoms with Crippen molar-refractivity contribution in [3.63, 3.8) is 0 Å². The maximum Gasteiger partial charge on any atom is 0.275 e. The van der Waals surface area contributed by atoms with Crippen molar-refractivity contribution >= 4 is 23.8 Å². The summed E-state index contributed by atoms with van der Waals surface area (Å²) in [5.74, 6) is 0.315. The van der Waals surface area contributed by atoms with Crippen molar-refractivity contribution in [3.8, 4) is 6.07 Å². The second-order valence-corrected chi connectivity index (χ2v) is 5.53. The lowest BCUT2D eigenvalue weighted by atomic mass is 10.2. The number of nitrogens with one attached hydrogen (secondary N) is 1. The summed E-state index contributed by atoms with van der Waals surface area (Å²) in [5, 5.41) is 11.5. The Morgan fingerprint density at radius 1 is 1.12 bits per heavy atom. The van der Waals surface area contributed by atoms with Gasteiger partial charge in [0.15, 0.2) is 0 Å². The molecule has 126 valence electrons. The van der Waals surface area contributed by atoms with Crippen LogP contribution in [0.25, 0.3) is 0 Å². The van der Waals surface area contributed by atoms with Crippen LogP contribution in [0.4, 0.5) is 11.5 Å². The largest absolute Gasteiger partial charge is 0.352 e. The van der Waals surface area contributed by atoms with Crippen molar-refractivity contribution in [2.75, 3.05) is 36.4 Å². The first kappa shape index (κ1) is 16.4. The quantitative estimate of drug-likeness (QED) is 0.832.